The largest absolute Gasteiger partial charge is 0.466 e. The van der Waals surface area contributed by atoms with Gasteiger partial charge < -0.3 is 21.0 Å². The lowest BCUT2D eigenvalue weighted by Crippen LogP contribution is -2.68. The summed E-state index contributed by atoms with van der Waals surface area (Å²) in [6.45, 7) is 4.47. The van der Waals surface area contributed by atoms with E-state index in [2.05, 4.69) is 10.5 Å². The zero-order chi connectivity index (χ0) is 19.2. The van der Waals surface area contributed by atoms with E-state index in [-0.39, 0.29) is 6.42 Å². The first-order valence-electron chi connectivity index (χ1n) is 7.49. The molecule has 0 radical (unpaired) electrons. The van der Waals surface area contributed by atoms with Crippen LogP contribution in [0.3, 0.4) is 0 Å². The van der Waals surface area contributed by atoms with Gasteiger partial charge in [-0.25, -0.2) is 9.59 Å². The number of nitrogens with zero attached hydrogens (tertiary/aromatic N) is 2. The van der Waals surface area contributed by atoms with E-state index in [9.17, 15) is 14.4 Å². The second kappa shape index (κ2) is 8.13. The Morgan fingerprint density at radius 1 is 1.28 bits per heavy atom. The molecule has 25 heavy (non-hydrogen) atoms. The molecule has 4 N–H and O–H groups in total. The Balaban J connectivity index is 3.51. The Labute approximate surface area is 145 Å². The summed E-state index contributed by atoms with van der Waals surface area (Å²) in [5, 5.41) is 14.3. The maximum atomic E-state index is 12.4. The number of nitrogens with two attached hydrogens (primary N) is 1. The minimum Gasteiger partial charge on any atom is -0.466 e. The van der Waals surface area contributed by atoms with E-state index >= 15 is 0 Å². The number of hydrogen-bond acceptors (Lipinski definition) is 6. The lowest BCUT2D eigenvalue weighted by molar-refractivity contribution is -0.149. The fourth-order valence-corrected chi connectivity index (χ4v) is 2.54. The second-order valence-electron chi connectivity index (χ2n) is 5.28. The molecule has 9 nitrogen and oxygen atoms in total. The number of rotatable bonds is 6. The highest BCUT2D eigenvalue weighted by molar-refractivity contribution is 6.03. The van der Waals surface area contributed by atoms with Gasteiger partial charge in [0.25, 0.3) is 0 Å². The van der Waals surface area contributed by atoms with Crippen LogP contribution in [0.1, 0.15) is 32.8 Å². The van der Waals surface area contributed by atoms with Crippen LogP contribution in [-0.2, 0) is 14.3 Å². The van der Waals surface area contributed by atoms with Crippen LogP contribution >= 0.6 is 0 Å². The number of primary amides is 1. The van der Waals surface area contributed by atoms with Crippen molar-refractivity contribution in [2.75, 3.05) is 12.0 Å². The zero-order valence-corrected chi connectivity index (χ0v) is 14.6. The lowest BCUT2D eigenvalue weighted by atomic mass is 10.0. The van der Waals surface area contributed by atoms with Crippen molar-refractivity contribution in [1.82, 2.24) is 5.32 Å². The summed E-state index contributed by atoms with van der Waals surface area (Å²) in [5.74, 6) is -1.33. The molecule has 136 valence electrons. The molecule has 3 amide bonds. The van der Waals surface area contributed by atoms with Crippen LogP contribution in [-0.4, -0.2) is 41.6 Å². The second-order valence-corrected chi connectivity index (χ2v) is 5.28. The Morgan fingerprint density at radius 3 is 2.20 bits per heavy atom. The molecule has 1 aromatic rings. The average molecular weight is 350 g/mol. The number of carbonyl (C=O) groups excluding carboxylic acids is 3. The van der Waals surface area contributed by atoms with Crippen LogP contribution in [0, 0.1) is 0 Å². The minimum atomic E-state index is -1.78. The summed E-state index contributed by atoms with van der Waals surface area (Å²) in [4.78, 5) is 37.3. The van der Waals surface area contributed by atoms with Gasteiger partial charge in [-0.2, -0.15) is 0 Å². The van der Waals surface area contributed by atoms with E-state index in [1.165, 1.54) is 6.92 Å². The quantitative estimate of drug-likeness (QED) is 0.233. The molecule has 9 heteroatoms. The number of oxime groups is 1. The number of ether oxygens (including phenoxy) is 1. The van der Waals surface area contributed by atoms with Crippen molar-refractivity contribution in [2.24, 2.45) is 10.9 Å². The molecule has 0 aliphatic carbocycles. The number of urea groups is 1. The molecule has 0 fully saturated rings. The average Bonchev–Trinajstić information content (AvgIpc) is 2.59. The summed E-state index contributed by atoms with van der Waals surface area (Å²) in [6, 6.07) is 5.37. The predicted molar refractivity (Wildman–Crippen MR) is 91.4 cm³/mol. The first kappa shape index (κ1) is 19.9. The summed E-state index contributed by atoms with van der Waals surface area (Å²) < 4.78 is 4.78. The van der Waals surface area contributed by atoms with Crippen LogP contribution in [0.4, 0.5) is 10.5 Å². The SMILES string of the molecule is CCC(NC(N)=O)(C(=O)OC)N(C(C)=O)c1ccc(/C(C)=N/O)cc1. The number of anilines is 1. The number of esters is 1. The predicted octanol–water partition coefficient (Wildman–Crippen LogP) is 1.19. The molecule has 1 rings (SSSR count). The van der Waals surface area contributed by atoms with E-state index in [4.69, 9.17) is 15.7 Å². The highest BCUT2D eigenvalue weighted by Crippen LogP contribution is 2.27. The van der Waals surface area contributed by atoms with Crippen LogP contribution in [0.2, 0.25) is 0 Å². The zero-order valence-electron chi connectivity index (χ0n) is 14.6. The van der Waals surface area contributed by atoms with Crippen LogP contribution < -0.4 is 16.0 Å². The third kappa shape index (κ3) is 4.06. The number of nitrogens with one attached hydrogen (secondary N) is 1. The molecule has 0 aromatic heterocycles. The Hall–Kier alpha value is -3.10. The van der Waals surface area contributed by atoms with Crippen molar-refractivity contribution < 1.29 is 24.3 Å². The Kier molecular flexibility index (Phi) is 6.49. The van der Waals surface area contributed by atoms with Crippen LogP contribution in [0.5, 0.6) is 0 Å². The van der Waals surface area contributed by atoms with E-state index in [1.807, 2.05) is 0 Å². The van der Waals surface area contributed by atoms with Gasteiger partial charge in [0.2, 0.25) is 11.6 Å². The van der Waals surface area contributed by atoms with Crippen LogP contribution in [0.15, 0.2) is 29.4 Å². The normalized spacial score (nSPS) is 13.5. The molecular formula is C16H22N4O5. The third-order valence-corrected chi connectivity index (χ3v) is 3.75. The van der Waals surface area contributed by atoms with Crippen LogP contribution in [0.25, 0.3) is 0 Å². The van der Waals surface area contributed by atoms with E-state index < -0.39 is 23.6 Å². The first-order chi connectivity index (χ1) is 11.7. The maximum absolute atomic E-state index is 12.4. The summed E-state index contributed by atoms with van der Waals surface area (Å²) >= 11 is 0. The fraction of sp³-hybridized carbons (Fsp3) is 0.375. The van der Waals surface area contributed by atoms with Gasteiger partial charge in [0.1, 0.15) is 0 Å². The van der Waals surface area contributed by atoms with Crippen molar-refractivity contribution in [3.63, 3.8) is 0 Å². The summed E-state index contributed by atoms with van der Waals surface area (Å²) in [7, 11) is 1.15. The third-order valence-electron chi connectivity index (χ3n) is 3.75. The van der Waals surface area contributed by atoms with Gasteiger partial charge in [-0.15, -0.1) is 0 Å². The summed E-state index contributed by atoms with van der Waals surface area (Å²) in [5.41, 5.74) is 4.76. The topological polar surface area (TPSA) is 134 Å². The van der Waals surface area contributed by atoms with Crippen molar-refractivity contribution in [3.8, 4) is 0 Å². The smallest absolute Gasteiger partial charge is 0.353 e. The molecular weight excluding hydrogens is 328 g/mol. The highest BCUT2D eigenvalue weighted by atomic mass is 16.5. The standard InChI is InChI=1S/C16H22N4O5/c1-5-16(14(22)25-4,18-15(17)23)20(11(3)21)13-8-6-12(7-9-13)10(2)19-24/h6-9,24H,5H2,1-4H3,(H3,17,18,23)/b19-10+. The summed E-state index contributed by atoms with van der Waals surface area (Å²) in [6.07, 6.45) is 0.0288. The molecule has 1 aromatic carbocycles. The highest BCUT2D eigenvalue weighted by Gasteiger charge is 2.47. The van der Waals surface area contributed by atoms with Crippen molar-refractivity contribution >= 4 is 29.3 Å². The number of hydrogen-bond donors (Lipinski definition) is 3. The Morgan fingerprint density at radius 2 is 1.84 bits per heavy atom. The van der Waals surface area contributed by atoms with E-state index in [0.717, 1.165) is 12.0 Å². The minimum absolute atomic E-state index is 0.0288. The monoisotopic (exact) mass is 350 g/mol. The number of methoxy groups -OCH3 is 1. The van der Waals surface area contributed by atoms with E-state index in [0.29, 0.717) is 17.0 Å². The molecule has 1 unspecified atom stereocenters. The molecule has 0 heterocycles. The molecule has 0 spiro atoms. The van der Waals surface area contributed by atoms with Crippen molar-refractivity contribution in [2.45, 2.75) is 32.9 Å². The van der Waals surface area contributed by atoms with E-state index in [1.54, 1.807) is 38.1 Å². The van der Waals surface area contributed by atoms with Gasteiger partial charge in [0.05, 0.1) is 12.8 Å². The van der Waals surface area contributed by atoms with Gasteiger partial charge in [0, 0.05) is 12.6 Å². The van der Waals surface area contributed by atoms with Gasteiger partial charge in [-0.1, -0.05) is 24.2 Å². The molecule has 0 saturated carbocycles. The maximum Gasteiger partial charge on any atom is 0.353 e. The lowest BCUT2D eigenvalue weighted by Gasteiger charge is -2.40. The Bertz CT molecular complexity index is 686. The van der Waals surface area contributed by atoms with Crippen molar-refractivity contribution in [1.29, 1.82) is 0 Å². The fourth-order valence-electron chi connectivity index (χ4n) is 2.54. The number of carbonyl (C=O) groups is 3. The van der Waals surface area contributed by atoms with Gasteiger partial charge in [-0.05, 0) is 31.0 Å². The molecule has 0 aliphatic heterocycles. The molecule has 0 aliphatic rings. The van der Waals surface area contributed by atoms with Gasteiger partial charge in [0.15, 0.2) is 0 Å². The molecule has 0 saturated heterocycles. The number of benzene rings is 1. The van der Waals surface area contributed by atoms with Gasteiger partial charge >= 0.3 is 12.0 Å². The number of amides is 3. The molecule has 0 bridgehead atoms. The van der Waals surface area contributed by atoms with Crippen molar-refractivity contribution in [3.05, 3.63) is 29.8 Å². The molecule has 1 atom stereocenters. The first-order valence-corrected chi connectivity index (χ1v) is 7.49. The van der Waals surface area contributed by atoms with Gasteiger partial charge in [-0.3, -0.25) is 9.69 Å².